The van der Waals surface area contributed by atoms with Gasteiger partial charge in [0.2, 0.25) is 0 Å². The third-order valence-corrected chi connectivity index (χ3v) is 4.51. The number of hydrogen-bond acceptors (Lipinski definition) is 4. The summed E-state index contributed by atoms with van der Waals surface area (Å²) < 4.78 is 4.64. The number of carbonyl (C=O) groups is 3. The fourth-order valence-corrected chi connectivity index (χ4v) is 3.19. The minimum absolute atomic E-state index is 0.104. The van der Waals surface area contributed by atoms with E-state index < -0.39 is 23.3 Å². The fraction of sp³-hybridized carbons (Fsp3) is 0.833. The minimum atomic E-state index is -1.50. The first-order valence-electron chi connectivity index (χ1n) is 8.67. The van der Waals surface area contributed by atoms with Crippen molar-refractivity contribution in [1.29, 1.82) is 0 Å². The Morgan fingerprint density at radius 3 is 2.08 bits per heavy atom. The van der Waals surface area contributed by atoms with Crippen LogP contribution < -0.4 is 0 Å². The van der Waals surface area contributed by atoms with Crippen LogP contribution in [0.4, 0.5) is 0 Å². The van der Waals surface area contributed by atoms with Crippen molar-refractivity contribution in [3.63, 3.8) is 0 Å². The molecule has 0 aliphatic rings. The smallest absolute Gasteiger partial charge is 0.322 e. The number of hydrogen-bond donors (Lipinski definition) is 2. The highest BCUT2D eigenvalue weighted by Crippen LogP contribution is 2.32. The lowest BCUT2D eigenvalue weighted by atomic mass is 9.78. The van der Waals surface area contributed by atoms with Crippen LogP contribution in [0.3, 0.4) is 0 Å². The molecule has 2 N–H and O–H groups in total. The first-order valence-corrected chi connectivity index (χ1v) is 8.67. The van der Waals surface area contributed by atoms with Gasteiger partial charge in [-0.15, -0.1) is 0 Å². The molecule has 0 fully saturated rings. The molecule has 140 valence electrons. The molecule has 0 aliphatic heterocycles. The molecule has 0 radical (unpaired) electrons. The van der Waals surface area contributed by atoms with Crippen molar-refractivity contribution >= 4 is 17.9 Å². The van der Waals surface area contributed by atoms with Gasteiger partial charge in [-0.2, -0.15) is 0 Å². The van der Waals surface area contributed by atoms with Crippen LogP contribution in [0.15, 0.2) is 0 Å². The lowest BCUT2D eigenvalue weighted by Gasteiger charge is -2.26. The largest absolute Gasteiger partial charge is 0.481 e. The van der Waals surface area contributed by atoms with Crippen LogP contribution >= 0.6 is 0 Å². The number of carboxylic acids is 2. The number of aliphatic carboxylic acids is 2. The predicted molar refractivity (Wildman–Crippen MR) is 90.7 cm³/mol. The highest BCUT2D eigenvalue weighted by atomic mass is 16.5. The summed E-state index contributed by atoms with van der Waals surface area (Å²) in [4.78, 5) is 33.6. The third-order valence-electron chi connectivity index (χ3n) is 4.51. The van der Waals surface area contributed by atoms with Gasteiger partial charge in [0.05, 0.1) is 7.11 Å². The van der Waals surface area contributed by atoms with Crippen molar-refractivity contribution in [3.05, 3.63) is 0 Å². The van der Waals surface area contributed by atoms with Gasteiger partial charge >= 0.3 is 17.9 Å². The summed E-state index contributed by atoms with van der Waals surface area (Å²) in [6.07, 6.45) is 6.08. The van der Waals surface area contributed by atoms with Crippen molar-refractivity contribution in [3.8, 4) is 0 Å². The molecule has 0 aromatic heterocycles. The van der Waals surface area contributed by atoms with Crippen LogP contribution in [0, 0.1) is 17.3 Å². The highest BCUT2D eigenvalue weighted by molar-refractivity contribution is 5.98. The van der Waals surface area contributed by atoms with Gasteiger partial charge in [-0.3, -0.25) is 14.4 Å². The number of esters is 1. The molecule has 0 aliphatic carbocycles. The van der Waals surface area contributed by atoms with E-state index in [2.05, 4.69) is 11.7 Å². The molecule has 3 unspecified atom stereocenters. The van der Waals surface area contributed by atoms with E-state index in [1.54, 1.807) is 0 Å². The van der Waals surface area contributed by atoms with E-state index in [1.807, 2.05) is 6.92 Å². The van der Waals surface area contributed by atoms with Crippen LogP contribution in [0.25, 0.3) is 0 Å². The standard InChI is InChI=1S/C18H32O6/c1-13(9-7-5-6-8-10-15(19)20)11-14(2)12-18(3,16(21)22)17(23)24-4/h13-14H,5-12H2,1-4H3,(H,19,20)(H,21,22). The fourth-order valence-electron chi connectivity index (χ4n) is 3.19. The molecule has 0 bridgehead atoms. The van der Waals surface area contributed by atoms with Crippen molar-refractivity contribution in [2.45, 2.75) is 72.1 Å². The Morgan fingerprint density at radius 1 is 1.00 bits per heavy atom. The molecule has 24 heavy (non-hydrogen) atoms. The van der Waals surface area contributed by atoms with E-state index in [9.17, 15) is 19.5 Å². The number of carbonyl (C=O) groups excluding carboxylic acids is 1. The Morgan fingerprint density at radius 2 is 1.58 bits per heavy atom. The number of ether oxygens (including phenoxy) is 1. The quantitative estimate of drug-likeness (QED) is 0.300. The molecule has 0 aromatic carbocycles. The average molecular weight is 344 g/mol. The third kappa shape index (κ3) is 8.31. The number of carboxylic acid groups (broad SMARTS) is 2. The van der Waals surface area contributed by atoms with Crippen LogP contribution in [-0.2, 0) is 19.1 Å². The second-order valence-electron chi connectivity index (χ2n) is 7.13. The Bertz CT molecular complexity index is 420. The maximum absolute atomic E-state index is 11.8. The molecule has 6 heteroatoms. The number of rotatable bonds is 13. The maximum Gasteiger partial charge on any atom is 0.322 e. The molecule has 6 nitrogen and oxygen atoms in total. The lowest BCUT2D eigenvalue weighted by Crippen LogP contribution is -2.39. The van der Waals surface area contributed by atoms with Crippen molar-refractivity contribution in [1.82, 2.24) is 0 Å². The highest BCUT2D eigenvalue weighted by Gasteiger charge is 2.43. The van der Waals surface area contributed by atoms with Crippen molar-refractivity contribution < 1.29 is 29.3 Å². The monoisotopic (exact) mass is 344 g/mol. The van der Waals surface area contributed by atoms with Gasteiger partial charge < -0.3 is 14.9 Å². The average Bonchev–Trinajstić information content (AvgIpc) is 2.48. The number of unbranched alkanes of at least 4 members (excludes halogenated alkanes) is 3. The molecule has 3 atom stereocenters. The molecule has 0 heterocycles. The van der Waals surface area contributed by atoms with Crippen LogP contribution in [-0.4, -0.2) is 35.2 Å². The van der Waals surface area contributed by atoms with Gasteiger partial charge in [-0.1, -0.05) is 39.5 Å². The first-order chi connectivity index (χ1) is 11.1. The molecule has 0 spiro atoms. The topological polar surface area (TPSA) is 101 Å². The summed E-state index contributed by atoms with van der Waals surface area (Å²) in [5, 5.41) is 17.9. The van der Waals surface area contributed by atoms with Crippen LogP contribution in [0.1, 0.15) is 72.1 Å². The normalized spacial score (nSPS) is 16.0. The summed E-state index contributed by atoms with van der Waals surface area (Å²) in [5.74, 6) is -2.05. The Labute approximate surface area is 144 Å². The minimum Gasteiger partial charge on any atom is -0.481 e. The van der Waals surface area contributed by atoms with Gasteiger partial charge in [-0.25, -0.2) is 0 Å². The molecule has 0 rings (SSSR count). The van der Waals surface area contributed by atoms with Crippen molar-refractivity contribution in [2.24, 2.45) is 17.3 Å². The SMILES string of the molecule is COC(=O)C(C)(CC(C)CC(C)CCCCCCC(=O)O)C(=O)O. The van der Waals surface area contributed by atoms with Gasteiger partial charge in [0, 0.05) is 6.42 Å². The molecule has 0 aromatic rings. The molecule has 0 amide bonds. The van der Waals surface area contributed by atoms with E-state index in [0.29, 0.717) is 5.92 Å². The zero-order valence-electron chi connectivity index (χ0n) is 15.3. The summed E-state index contributed by atoms with van der Waals surface area (Å²) in [5.41, 5.74) is -1.50. The van der Waals surface area contributed by atoms with E-state index in [0.717, 1.165) is 38.5 Å². The van der Waals surface area contributed by atoms with Crippen molar-refractivity contribution in [2.75, 3.05) is 7.11 Å². The van der Waals surface area contributed by atoms with Crippen LogP contribution in [0.2, 0.25) is 0 Å². The van der Waals surface area contributed by atoms with E-state index in [-0.39, 0.29) is 18.8 Å². The summed E-state index contributed by atoms with van der Waals surface area (Å²) in [6, 6.07) is 0. The van der Waals surface area contributed by atoms with Gasteiger partial charge in [0.15, 0.2) is 5.41 Å². The summed E-state index contributed by atoms with van der Waals surface area (Å²) in [6.45, 7) is 5.52. The Hall–Kier alpha value is -1.59. The summed E-state index contributed by atoms with van der Waals surface area (Å²) in [7, 11) is 1.21. The zero-order valence-corrected chi connectivity index (χ0v) is 15.3. The molecular weight excluding hydrogens is 312 g/mol. The molecular formula is C18H32O6. The van der Waals surface area contributed by atoms with Gasteiger partial charge in [0.1, 0.15) is 0 Å². The molecule has 0 saturated heterocycles. The molecule has 0 saturated carbocycles. The second kappa shape index (κ2) is 11.0. The van der Waals surface area contributed by atoms with E-state index in [1.165, 1.54) is 14.0 Å². The van der Waals surface area contributed by atoms with E-state index in [4.69, 9.17) is 5.11 Å². The summed E-state index contributed by atoms with van der Waals surface area (Å²) >= 11 is 0. The lowest BCUT2D eigenvalue weighted by molar-refractivity contribution is -0.167. The maximum atomic E-state index is 11.8. The number of methoxy groups -OCH3 is 1. The van der Waals surface area contributed by atoms with Gasteiger partial charge in [-0.05, 0) is 38.0 Å². The second-order valence-corrected chi connectivity index (χ2v) is 7.13. The van der Waals surface area contributed by atoms with Crippen LogP contribution in [0.5, 0.6) is 0 Å². The Balaban J connectivity index is 4.16. The zero-order chi connectivity index (χ0) is 18.8. The van der Waals surface area contributed by atoms with Gasteiger partial charge in [0.25, 0.3) is 0 Å². The van der Waals surface area contributed by atoms with E-state index >= 15 is 0 Å². The predicted octanol–water partition coefficient (Wildman–Crippen LogP) is 3.73. The Kier molecular flexibility index (Phi) is 10.3. The first kappa shape index (κ1) is 22.4.